The normalized spacial score (nSPS) is 11.9. The van der Waals surface area contributed by atoms with E-state index in [4.69, 9.17) is 8.85 Å². The Kier molecular flexibility index (Phi) is 6.61. The molecule has 0 fully saturated rings. The Morgan fingerprint density at radius 3 is 2.37 bits per heavy atom. The Labute approximate surface area is 136 Å². The molecule has 0 amide bonds. The van der Waals surface area contributed by atoms with Crippen molar-refractivity contribution < 1.29 is 13.6 Å². The quantitative estimate of drug-likeness (QED) is 0.403. The van der Waals surface area contributed by atoms with E-state index >= 15 is 0 Å². The number of halogens is 2. The zero-order chi connectivity index (χ0) is 14.6. The maximum atomic E-state index is 11.1. The van der Waals surface area contributed by atoms with Crippen LogP contribution in [-0.4, -0.2) is 33.5 Å². The van der Waals surface area contributed by atoms with E-state index < -0.39 is 6.29 Å². The molecule has 0 aliphatic carbocycles. The van der Waals surface area contributed by atoms with Gasteiger partial charge in [-0.1, -0.05) is 35.8 Å². The first kappa shape index (κ1) is 17.3. The van der Waals surface area contributed by atoms with Gasteiger partial charge in [-0.05, 0) is 34.0 Å². The van der Waals surface area contributed by atoms with E-state index in [-0.39, 0.29) is 5.41 Å². The molecule has 0 aliphatic heterocycles. The van der Waals surface area contributed by atoms with Gasteiger partial charge >= 0.3 is 0 Å². The summed E-state index contributed by atoms with van der Waals surface area (Å²) < 4.78 is 11.7. The second kappa shape index (κ2) is 7.28. The fourth-order valence-corrected chi connectivity index (χ4v) is 3.88. The van der Waals surface area contributed by atoms with E-state index in [1.54, 1.807) is 0 Å². The van der Waals surface area contributed by atoms with Gasteiger partial charge in [0.15, 0.2) is 6.29 Å². The fourth-order valence-electron chi connectivity index (χ4n) is 1.78. The molecule has 7 heteroatoms. The lowest BCUT2D eigenvalue weighted by molar-refractivity contribution is -0.0726. The highest BCUT2D eigenvalue weighted by Gasteiger charge is 2.30. The highest BCUT2D eigenvalue weighted by molar-refractivity contribution is 9.11. The smallest absolute Gasteiger partial charge is 0.249 e. The third-order valence-electron chi connectivity index (χ3n) is 2.82. The molecule has 0 heterocycles. The van der Waals surface area contributed by atoms with Crippen LogP contribution in [0.3, 0.4) is 0 Å². The average molecular weight is 420 g/mol. The highest BCUT2D eigenvalue weighted by Crippen LogP contribution is 2.34. The largest absolute Gasteiger partial charge is 0.395 e. The van der Waals surface area contributed by atoms with E-state index in [2.05, 4.69) is 52.8 Å². The summed E-state index contributed by atoms with van der Waals surface area (Å²) in [7, 11) is 6.00. The van der Waals surface area contributed by atoms with E-state index in [1.165, 1.54) is 0 Å². The minimum Gasteiger partial charge on any atom is -0.395 e. The van der Waals surface area contributed by atoms with Gasteiger partial charge in [-0.25, -0.2) is 0 Å². The minimum atomic E-state index is -0.476. The number of aldehydes is 1. The third-order valence-corrected chi connectivity index (χ3v) is 4.88. The summed E-state index contributed by atoms with van der Waals surface area (Å²) in [5, 5.41) is 0. The Morgan fingerprint density at radius 1 is 1.32 bits per heavy atom. The van der Waals surface area contributed by atoms with Crippen LogP contribution < -0.4 is 0 Å². The van der Waals surface area contributed by atoms with Crippen LogP contribution in [0.25, 0.3) is 0 Å². The van der Waals surface area contributed by atoms with Crippen LogP contribution >= 0.6 is 31.9 Å². The Balaban J connectivity index is 3.09. The van der Waals surface area contributed by atoms with Gasteiger partial charge in [0.1, 0.15) is 6.29 Å². The molecule has 0 atom stereocenters. The Hall–Kier alpha value is 0.204. The van der Waals surface area contributed by atoms with Gasteiger partial charge in [0.2, 0.25) is 21.0 Å². The summed E-state index contributed by atoms with van der Waals surface area (Å²) in [6.07, 6.45) is 1.01. The van der Waals surface area contributed by atoms with Gasteiger partial charge in [0, 0.05) is 19.9 Å². The number of hydrogen-bond donors (Lipinski definition) is 0. The predicted octanol–water partition coefficient (Wildman–Crippen LogP) is 3.12. The maximum Gasteiger partial charge on any atom is 0.249 e. The SMILES string of the molecule is CC(C)(Cc1ccc(Br)c(C=O)c1Br)C(O[Si])O[Si]. The fraction of sp³-hybridized carbons (Fsp3) is 0.417. The van der Waals surface area contributed by atoms with Crippen molar-refractivity contribution in [2.45, 2.75) is 26.6 Å². The average Bonchev–Trinajstić information content (AvgIpc) is 2.34. The molecule has 3 nitrogen and oxygen atoms in total. The summed E-state index contributed by atoms with van der Waals surface area (Å²) in [4.78, 5) is 11.1. The van der Waals surface area contributed by atoms with Crippen molar-refractivity contribution in [1.82, 2.24) is 0 Å². The maximum absolute atomic E-state index is 11.1. The molecule has 0 aliphatic rings. The van der Waals surface area contributed by atoms with Crippen molar-refractivity contribution in [3.8, 4) is 0 Å². The first-order valence-electron chi connectivity index (χ1n) is 5.44. The van der Waals surface area contributed by atoms with Crippen molar-refractivity contribution in [1.29, 1.82) is 0 Å². The zero-order valence-corrected chi connectivity index (χ0v) is 15.7. The summed E-state index contributed by atoms with van der Waals surface area (Å²) >= 11 is 6.82. The number of carbonyl (C=O) groups is 1. The van der Waals surface area contributed by atoms with Gasteiger partial charge in [-0.2, -0.15) is 0 Å². The summed E-state index contributed by atoms with van der Waals surface area (Å²) in [6, 6.07) is 3.82. The first-order chi connectivity index (χ1) is 8.87. The summed E-state index contributed by atoms with van der Waals surface area (Å²) in [5.74, 6) is 0. The molecule has 19 heavy (non-hydrogen) atoms. The third kappa shape index (κ3) is 4.09. The molecule has 0 unspecified atom stereocenters. The minimum absolute atomic E-state index is 0.306. The number of carbonyl (C=O) groups excluding carboxylic acids is 1. The number of benzene rings is 1. The van der Waals surface area contributed by atoms with Gasteiger partial charge in [0.25, 0.3) is 0 Å². The van der Waals surface area contributed by atoms with Crippen LogP contribution in [0.5, 0.6) is 0 Å². The van der Waals surface area contributed by atoms with Crippen molar-refractivity contribution in [2.24, 2.45) is 5.41 Å². The first-order valence-corrected chi connectivity index (χ1v) is 7.84. The van der Waals surface area contributed by atoms with Crippen LogP contribution in [0.1, 0.15) is 29.8 Å². The highest BCUT2D eigenvalue weighted by atomic mass is 79.9. The standard InChI is InChI=1S/C12H12Br2O3Si2/c1-12(2,11(16-18)17-19)5-7-3-4-9(13)8(6-15)10(7)14/h3-4,6,11H,5H2,1-2H3. The summed E-state index contributed by atoms with van der Waals surface area (Å²) in [5.41, 5.74) is 1.30. The molecule has 0 saturated carbocycles. The Bertz CT molecular complexity index is 463. The van der Waals surface area contributed by atoms with Crippen LogP contribution in [0.15, 0.2) is 21.1 Å². The second-order valence-corrected chi connectivity index (χ2v) is 6.90. The lowest BCUT2D eigenvalue weighted by atomic mass is 9.85. The molecule has 1 aromatic carbocycles. The van der Waals surface area contributed by atoms with E-state index in [0.29, 0.717) is 12.0 Å². The number of hydrogen-bond acceptors (Lipinski definition) is 3. The molecule has 1 rings (SSSR count). The van der Waals surface area contributed by atoms with Crippen molar-refractivity contribution in [2.75, 3.05) is 0 Å². The second-order valence-electron chi connectivity index (χ2n) is 4.79. The van der Waals surface area contributed by atoms with Crippen LogP contribution in [-0.2, 0) is 15.3 Å². The molecule has 0 aromatic heterocycles. The topological polar surface area (TPSA) is 35.5 Å². The molecule has 1 aromatic rings. The van der Waals surface area contributed by atoms with Gasteiger partial charge < -0.3 is 8.85 Å². The van der Waals surface area contributed by atoms with Gasteiger partial charge in [-0.3, -0.25) is 4.79 Å². The van der Waals surface area contributed by atoms with Crippen molar-refractivity contribution in [3.05, 3.63) is 32.2 Å². The van der Waals surface area contributed by atoms with Gasteiger partial charge in [-0.15, -0.1) is 0 Å². The van der Waals surface area contributed by atoms with Gasteiger partial charge in [0.05, 0.1) is 0 Å². The molecule has 100 valence electrons. The molecule has 6 radical (unpaired) electrons. The van der Waals surface area contributed by atoms with Crippen LogP contribution in [0.2, 0.25) is 0 Å². The molecular weight excluding hydrogens is 408 g/mol. The monoisotopic (exact) mass is 418 g/mol. The van der Waals surface area contributed by atoms with Crippen LogP contribution in [0.4, 0.5) is 0 Å². The predicted molar refractivity (Wildman–Crippen MR) is 82.2 cm³/mol. The lowest BCUT2D eigenvalue weighted by Crippen LogP contribution is -2.35. The molecule has 0 bridgehead atoms. The van der Waals surface area contributed by atoms with E-state index in [0.717, 1.165) is 20.8 Å². The Morgan fingerprint density at radius 2 is 1.89 bits per heavy atom. The molecule has 0 spiro atoms. The summed E-state index contributed by atoms with van der Waals surface area (Å²) in [6.45, 7) is 4.01. The molecular formula is C12H12Br2O3Si2. The van der Waals surface area contributed by atoms with Crippen LogP contribution in [0, 0.1) is 5.41 Å². The number of rotatable bonds is 6. The van der Waals surface area contributed by atoms with Crippen molar-refractivity contribution in [3.63, 3.8) is 0 Å². The zero-order valence-electron chi connectivity index (χ0n) is 10.5. The molecule has 0 saturated heterocycles. The lowest BCUT2D eigenvalue weighted by Gasteiger charge is -2.33. The van der Waals surface area contributed by atoms with E-state index in [1.807, 2.05) is 26.0 Å². The van der Waals surface area contributed by atoms with Crippen molar-refractivity contribution >= 4 is 59.1 Å². The molecule has 0 N–H and O–H groups in total. The van der Waals surface area contributed by atoms with E-state index in [9.17, 15) is 4.79 Å².